The monoisotopic (exact) mass is 462 g/mol. The first-order chi connectivity index (χ1) is 15.6. The number of nitrogens with zero attached hydrogens (tertiary/aromatic N) is 1. The number of rotatable bonds is 9. The van der Waals surface area contributed by atoms with Crippen molar-refractivity contribution in [3.63, 3.8) is 0 Å². The zero-order valence-electron chi connectivity index (χ0n) is 18.3. The van der Waals surface area contributed by atoms with E-state index in [9.17, 15) is 9.00 Å². The number of hydrogen-bond acceptors (Lipinski definition) is 4. The second kappa shape index (κ2) is 11.4. The summed E-state index contributed by atoms with van der Waals surface area (Å²) in [5, 5.41) is 3.92. The fourth-order valence-corrected chi connectivity index (χ4v) is 4.50. The van der Waals surface area contributed by atoms with Gasteiger partial charge in [0.1, 0.15) is 11.5 Å². The van der Waals surface area contributed by atoms with Crippen molar-refractivity contribution in [2.45, 2.75) is 31.1 Å². The van der Waals surface area contributed by atoms with E-state index >= 15 is 0 Å². The van der Waals surface area contributed by atoms with Crippen LogP contribution in [0.5, 0.6) is 0 Å². The molecular weight excluding hydrogens is 436 g/mol. The van der Waals surface area contributed by atoms with Gasteiger partial charge in [0.05, 0.1) is 10.6 Å². The lowest BCUT2D eigenvalue weighted by Crippen LogP contribution is -2.07. The Hall–Kier alpha value is -3.55. The molecule has 6 nitrogen and oxygen atoms in total. The van der Waals surface area contributed by atoms with E-state index in [1.54, 1.807) is 0 Å². The summed E-state index contributed by atoms with van der Waals surface area (Å²) in [5.41, 5.74) is 4.41. The molecule has 0 amide bonds. The molecule has 0 spiro atoms. The number of ketones is 1. The summed E-state index contributed by atoms with van der Waals surface area (Å²) < 4.78 is 21.1. The first kappa shape index (κ1) is 24.1. The highest BCUT2D eigenvalue weighted by atomic mass is 32.2. The maximum atomic E-state index is 13.0. The van der Waals surface area contributed by atoms with E-state index in [0.29, 0.717) is 19.3 Å². The van der Waals surface area contributed by atoms with Crippen LogP contribution >= 0.6 is 0 Å². The normalized spacial score (nSPS) is 11.4. The minimum Gasteiger partial charge on any atom is -0.412 e. The molecule has 4 rings (SSSR count). The molecule has 0 aliphatic carbocycles. The predicted octanol–water partition coefficient (Wildman–Crippen LogP) is 4.70. The Bertz CT molecular complexity index is 1220. The van der Waals surface area contributed by atoms with Gasteiger partial charge in [0.15, 0.2) is 11.0 Å². The molecule has 0 bridgehead atoms. The van der Waals surface area contributed by atoms with Crippen LogP contribution in [0.1, 0.15) is 23.4 Å². The molecule has 0 saturated heterocycles. The number of anilines is 1. The SMILES string of the molecule is Cc1cc(CCC(=O)Cc2ccc(NS(=O)c3ccccc3-c3ccccc3)cc2)no1.O. The van der Waals surface area contributed by atoms with E-state index in [0.717, 1.165) is 38.7 Å². The molecule has 0 radical (unpaired) electrons. The van der Waals surface area contributed by atoms with E-state index in [4.69, 9.17) is 4.52 Å². The summed E-state index contributed by atoms with van der Waals surface area (Å²) in [5.74, 6) is 0.894. The van der Waals surface area contributed by atoms with Gasteiger partial charge in [0.2, 0.25) is 0 Å². The van der Waals surface area contributed by atoms with Gasteiger partial charge in [-0.25, -0.2) is 4.21 Å². The molecule has 170 valence electrons. The highest BCUT2D eigenvalue weighted by Gasteiger charge is 2.12. The van der Waals surface area contributed by atoms with E-state index in [2.05, 4.69) is 9.88 Å². The van der Waals surface area contributed by atoms with Crippen LogP contribution in [-0.4, -0.2) is 20.6 Å². The van der Waals surface area contributed by atoms with Gasteiger partial charge < -0.3 is 14.7 Å². The standard InChI is InChI=1S/C26H24N2O3S.H2O/c1-19-17-23(27-31-19)15-16-24(29)18-20-11-13-22(14-12-20)28-32(30)26-10-6-5-9-25(26)21-7-3-2-4-8-21;/h2-14,17,28H,15-16,18H2,1H3;1H2. The highest BCUT2D eigenvalue weighted by Crippen LogP contribution is 2.26. The third kappa shape index (κ3) is 6.47. The summed E-state index contributed by atoms with van der Waals surface area (Å²) in [7, 11) is -1.42. The molecular formula is C26H26N2O4S. The molecule has 0 aliphatic rings. The van der Waals surface area contributed by atoms with Gasteiger partial charge in [-0.2, -0.15) is 0 Å². The summed E-state index contributed by atoms with van der Waals surface area (Å²) >= 11 is 0. The van der Waals surface area contributed by atoms with Crippen LogP contribution in [0.15, 0.2) is 94.3 Å². The summed E-state index contributed by atoms with van der Waals surface area (Å²) in [6, 6.07) is 26.9. The Morgan fingerprint density at radius 2 is 1.67 bits per heavy atom. The molecule has 1 heterocycles. The predicted molar refractivity (Wildman–Crippen MR) is 130 cm³/mol. The highest BCUT2D eigenvalue weighted by molar-refractivity contribution is 7.86. The fraction of sp³-hybridized carbons (Fsp3) is 0.154. The van der Waals surface area contributed by atoms with Crippen molar-refractivity contribution < 1.29 is 19.0 Å². The third-order valence-corrected chi connectivity index (χ3v) is 6.25. The molecule has 3 N–H and O–H groups in total. The second-order valence-corrected chi connectivity index (χ2v) is 8.76. The minimum absolute atomic E-state index is 0. The number of carbonyl (C=O) groups is 1. The molecule has 3 aromatic carbocycles. The lowest BCUT2D eigenvalue weighted by molar-refractivity contribution is -0.118. The van der Waals surface area contributed by atoms with E-state index in [-0.39, 0.29) is 11.3 Å². The molecule has 1 aromatic heterocycles. The number of hydrogen-bond donors (Lipinski definition) is 1. The van der Waals surface area contributed by atoms with Gasteiger partial charge in [-0.05, 0) is 41.8 Å². The van der Waals surface area contributed by atoms with Crippen molar-refractivity contribution >= 4 is 22.5 Å². The Balaban J connectivity index is 0.00000306. The second-order valence-electron chi connectivity index (χ2n) is 7.57. The molecule has 7 heteroatoms. The summed E-state index contributed by atoms with van der Waals surface area (Å²) in [4.78, 5) is 13.0. The molecule has 33 heavy (non-hydrogen) atoms. The zero-order valence-corrected chi connectivity index (χ0v) is 19.1. The first-order valence-electron chi connectivity index (χ1n) is 10.4. The van der Waals surface area contributed by atoms with Crippen molar-refractivity contribution in [1.82, 2.24) is 5.16 Å². The fourth-order valence-electron chi connectivity index (χ4n) is 3.46. The molecule has 0 fully saturated rings. The molecule has 0 aliphatic heterocycles. The number of aryl methyl sites for hydroxylation is 2. The number of Topliss-reactive ketones (excluding diaryl/α,β-unsaturated/α-hetero) is 1. The van der Waals surface area contributed by atoms with Gasteiger partial charge in [-0.3, -0.25) is 4.79 Å². The maximum absolute atomic E-state index is 13.0. The largest absolute Gasteiger partial charge is 0.412 e. The van der Waals surface area contributed by atoms with Gasteiger partial charge >= 0.3 is 0 Å². The van der Waals surface area contributed by atoms with Crippen LogP contribution in [0.3, 0.4) is 0 Å². The van der Waals surface area contributed by atoms with Crippen molar-refractivity contribution in [3.8, 4) is 11.1 Å². The Morgan fingerprint density at radius 3 is 2.36 bits per heavy atom. The van der Waals surface area contributed by atoms with Gasteiger partial charge in [0.25, 0.3) is 0 Å². The van der Waals surface area contributed by atoms with Crippen LogP contribution in [0, 0.1) is 6.92 Å². The molecule has 1 unspecified atom stereocenters. The molecule has 0 saturated carbocycles. The zero-order chi connectivity index (χ0) is 22.3. The van der Waals surface area contributed by atoms with Crippen LogP contribution in [0.25, 0.3) is 11.1 Å². The molecule has 4 aromatic rings. The lowest BCUT2D eigenvalue weighted by atomic mass is 10.0. The lowest BCUT2D eigenvalue weighted by Gasteiger charge is -2.11. The topological polar surface area (TPSA) is 104 Å². The van der Waals surface area contributed by atoms with Crippen molar-refractivity contribution in [2.24, 2.45) is 0 Å². The quantitative estimate of drug-likeness (QED) is 0.389. The van der Waals surface area contributed by atoms with E-state index in [1.807, 2.05) is 91.9 Å². The first-order valence-corrected chi connectivity index (χ1v) is 11.6. The van der Waals surface area contributed by atoms with Gasteiger partial charge in [-0.1, -0.05) is 65.8 Å². The number of nitrogens with one attached hydrogen (secondary N) is 1. The van der Waals surface area contributed by atoms with Gasteiger partial charge in [0, 0.05) is 31.0 Å². The minimum atomic E-state index is -1.42. The van der Waals surface area contributed by atoms with Crippen molar-refractivity contribution in [3.05, 3.63) is 102 Å². The third-order valence-electron chi connectivity index (χ3n) is 5.07. The molecule has 1 atom stereocenters. The van der Waals surface area contributed by atoms with Gasteiger partial charge in [-0.15, -0.1) is 0 Å². The number of aromatic nitrogens is 1. The average molecular weight is 463 g/mol. The number of benzene rings is 3. The van der Waals surface area contributed by atoms with Crippen LogP contribution in [0.2, 0.25) is 0 Å². The average Bonchev–Trinajstić information content (AvgIpc) is 3.24. The Morgan fingerprint density at radius 1 is 0.970 bits per heavy atom. The van der Waals surface area contributed by atoms with Crippen molar-refractivity contribution in [1.29, 1.82) is 0 Å². The maximum Gasteiger partial charge on any atom is 0.150 e. The number of carbonyl (C=O) groups excluding carboxylic acids is 1. The van der Waals surface area contributed by atoms with E-state index in [1.165, 1.54) is 0 Å². The van der Waals surface area contributed by atoms with Crippen LogP contribution in [-0.2, 0) is 28.6 Å². The smallest absolute Gasteiger partial charge is 0.150 e. The van der Waals surface area contributed by atoms with Crippen molar-refractivity contribution in [2.75, 3.05) is 4.72 Å². The summed E-state index contributed by atoms with van der Waals surface area (Å²) in [6.07, 6.45) is 1.36. The van der Waals surface area contributed by atoms with E-state index < -0.39 is 11.0 Å². The Labute approximate surface area is 195 Å². The van der Waals surface area contributed by atoms with Crippen LogP contribution in [0.4, 0.5) is 5.69 Å². The summed E-state index contributed by atoms with van der Waals surface area (Å²) in [6.45, 7) is 1.83. The Kier molecular flexibility index (Phi) is 8.29. The van der Waals surface area contributed by atoms with Crippen LogP contribution < -0.4 is 4.72 Å².